The van der Waals surface area contributed by atoms with E-state index in [1.165, 1.54) is 12.8 Å². The van der Waals surface area contributed by atoms with Gasteiger partial charge in [-0.15, -0.1) is 0 Å². The van der Waals surface area contributed by atoms with Crippen molar-refractivity contribution >= 4 is 45.4 Å². The Hall–Kier alpha value is -4.90. The molecule has 3 aromatic heterocycles. The third kappa shape index (κ3) is 4.61. The maximum Gasteiger partial charge on any atom is 0.254 e. The van der Waals surface area contributed by atoms with Gasteiger partial charge < -0.3 is 35.6 Å². The molecule has 45 heavy (non-hydrogen) atoms. The smallest absolute Gasteiger partial charge is 0.254 e. The Kier molecular flexibility index (Phi) is 6.35. The average Bonchev–Trinajstić information content (AvgIpc) is 3.45. The van der Waals surface area contributed by atoms with E-state index in [0.717, 1.165) is 53.1 Å². The van der Waals surface area contributed by atoms with Gasteiger partial charge in [0.25, 0.3) is 5.91 Å². The van der Waals surface area contributed by atoms with Gasteiger partial charge in [0, 0.05) is 54.4 Å². The molecule has 3 atom stereocenters. The first-order chi connectivity index (χ1) is 21.8. The molecule has 2 aliphatic carbocycles. The minimum absolute atomic E-state index is 0.0126. The minimum atomic E-state index is -0.461. The van der Waals surface area contributed by atoms with Crippen LogP contribution < -0.4 is 21.5 Å². The Morgan fingerprint density at radius 2 is 1.80 bits per heavy atom. The van der Waals surface area contributed by atoms with Crippen molar-refractivity contribution in [2.75, 3.05) is 19.0 Å². The second-order valence-electron chi connectivity index (χ2n) is 12.7. The topological polar surface area (TPSA) is 146 Å². The molecule has 230 valence electrons. The number of fused-ring (bicyclic) bond motifs is 4. The summed E-state index contributed by atoms with van der Waals surface area (Å²) in [5.74, 6) is 2.59. The minimum Gasteiger partial charge on any atom is -0.494 e. The number of primary amides is 1. The number of nitrogens with two attached hydrogens (primary N) is 2. The predicted octanol–water partition coefficient (Wildman–Crippen LogP) is 4.41. The van der Waals surface area contributed by atoms with Gasteiger partial charge in [0.1, 0.15) is 22.7 Å². The van der Waals surface area contributed by atoms with Crippen LogP contribution in [0.25, 0.3) is 33.6 Å². The van der Waals surface area contributed by atoms with Gasteiger partial charge >= 0.3 is 0 Å². The quantitative estimate of drug-likeness (QED) is 0.238. The van der Waals surface area contributed by atoms with Gasteiger partial charge in [0.2, 0.25) is 5.91 Å². The highest BCUT2D eigenvalue weighted by Crippen LogP contribution is 2.40. The van der Waals surface area contributed by atoms with Crippen LogP contribution in [0.5, 0.6) is 5.75 Å². The molecule has 2 amide bonds. The van der Waals surface area contributed by atoms with Crippen LogP contribution in [0.1, 0.15) is 46.4 Å². The summed E-state index contributed by atoms with van der Waals surface area (Å²) in [7, 11) is 3.62. The lowest BCUT2D eigenvalue weighted by Gasteiger charge is -2.27. The number of hydrogen-bond acceptors (Lipinski definition) is 7. The molecular weight excluding hydrogens is 568 g/mol. The van der Waals surface area contributed by atoms with E-state index in [1.807, 2.05) is 46.8 Å². The van der Waals surface area contributed by atoms with Crippen LogP contribution in [0.15, 0.2) is 54.6 Å². The molecule has 1 aliphatic heterocycles. The molecule has 8 rings (SSSR count). The summed E-state index contributed by atoms with van der Waals surface area (Å²) in [5, 5.41) is 4.36. The number of methoxy groups -OCH3 is 1. The molecule has 2 aromatic carbocycles. The number of carbonyl (C=O) groups excluding carboxylic acids is 2. The van der Waals surface area contributed by atoms with Gasteiger partial charge in [0.15, 0.2) is 5.82 Å². The number of ether oxygens (including phenoxy) is 1. The molecule has 0 unspecified atom stereocenters. The normalized spacial score (nSPS) is 20.8. The Balaban J connectivity index is 1.18. The molecule has 5 N–H and O–H groups in total. The Morgan fingerprint density at radius 1 is 1.00 bits per heavy atom. The van der Waals surface area contributed by atoms with Crippen molar-refractivity contribution in [1.82, 2.24) is 24.0 Å². The van der Waals surface area contributed by atoms with E-state index in [1.54, 1.807) is 19.2 Å². The number of hydrogen-bond donors (Lipinski definition) is 3. The van der Waals surface area contributed by atoms with Gasteiger partial charge in [-0.1, -0.05) is 0 Å². The molecule has 4 heterocycles. The van der Waals surface area contributed by atoms with E-state index in [9.17, 15) is 9.59 Å². The lowest BCUT2D eigenvalue weighted by molar-refractivity contribution is 0.0700. The van der Waals surface area contributed by atoms with E-state index in [4.69, 9.17) is 26.2 Å². The highest BCUT2D eigenvalue weighted by Gasteiger charge is 2.47. The Bertz CT molecular complexity index is 1990. The maximum absolute atomic E-state index is 13.7. The van der Waals surface area contributed by atoms with Gasteiger partial charge in [-0.2, -0.15) is 0 Å². The van der Waals surface area contributed by atoms with Gasteiger partial charge in [-0.25, -0.2) is 9.97 Å². The number of likely N-dealkylation sites (tertiary alicyclic amines) is 1. The second kappa shape index (κ2) is 10.3. The molecule has 11 heteroatoms. The van der Waals surface area contributed by atoms with Crippen LogP contribution >= 0.6 is 0 Å². The third-order valence-corrected chi connectivity index (χ3v) is 9.87. The summed E-state index contributed by atoms with van der Waals surface area (Å²) < 4.78 is 10.2. The van der Waals surface area contributed by atoms with Crippen LogP contribution in [0.2, 0.25) is 0 Å². The largest absolute Gasteiger partial charge is 0.494 e. The van der Waals surface area contributed by atoms with E-state index >= 15 is 0 Å². The van der Waals surface area contributed by atoms with Crippen molar-refractivity contribution in [2.24, 2.45) is 30.4 Å². The molecule has 2 bridgehead atoms. The third-order valence-electron chi connectivity index (χ3n) is 9.87. The SMILES string of the molecule is COc1cc(C(=O)N2C[C@H]3CC[C@@H]2[C@@H]3N)cc2nc(-c3cc4ccc(Nc5ccc(C(N)=O)cc5)nc4n3CC3CC3)n(C)c12. The Labute approximate surface area is 260 Å². The highest BCUT2D eigenvalue weighted by molar-refractivity contribution is 6.00. The number of nitrogens with one attached hydrogen (secondary N) is 1. The number of imidazole rings is 1. The monoisotopic (exact) mass is 604 g/mol. The van der Waals surface area contributed by atoms with Crippen molar-refractivity contribution in [3.05, 3.63) is 65.7 Å². The van der Waals surface area contributed by atoms with E-state index in [2.05, 4.69) is 22.0 Å². The first-order valence-corrected chi connectivity index (χ1v) is 15.6. The number of piperidine rings is 1. The summed E-state index contributed by atoms with van der Waals surface area (Å²) in [6.45, 7) is 1.55. The molecular formula is C34H36N8O3. The summed E-state index contributed by atoms with van der Waals surface area (Å²) in [4.78, 5) is 37.2. The lowest BCUT2D eigenvalue weighted by Crippen LogP contribution is -2.41. The molecule has 2 saturated carbocycles. The van der Waals surface area contributed by atoms with Crippen LogP contribution in [-0.4, -0.2) is 61.6 Å². The van der Waals surface area contributed by atoms with Gasteiger partial charge in [-0.3, -0.25) is 9.59 Å². The fraction of sp³-hybridized carbons (Fsp3) is 0.353. The average molecular weight is 605 g/mol. The summed E-state index contributed by atoms with van der Waals surface area (Å²) >= 11 is 0. The van der Waals surface area contributed by atoms with Crippen molar-refractivity contribution in [3.63, 3.8) is 0 Å². The Morgan fingerprint density at radius 3 is 2.47 bits per heavy atom. The second-order valence-corrected chi connectivity index (χ2v) is 12.7. The van der Waals surface area contributed by atoms with Crippen molar-refractivity contribution in [2.45, 2.75) is 44.3 Å². The first-order valence-electron chi connectivity index (χ1n) is 15.6. The first kappa shape index (κ1) is 27.6. The van der Waals surface area contributed by atoms with Crippen molar-refractivity contribution in [1.29, 1.82) is 0 Å². The molecule has 5 aromatic rings. The maximum atomic E-state index is 13.7. The number of aryl methyl sites for hydroxylation is 1. The van der Waals surface area contributed by atoms with Crippen LogP contribution in [0.4, 0.5) is 11.5 Å². The van der Waals surface area contributed by atoms with E-state index < -0.39 is 5.91 Å². The zero-order chi connectivity index (χ0) is 31.0. The summed E-state index contributed by atoms with van der Waals surface area (Å²) in [6, 6.07) is 17.0. The molecule has 11 nitrogen and oxygen atoms in total. The predicted molar refractivity (Wildman–Crippen MR) is 172 cm³/mol. The lowest BCUT2D eigenvalue weighted by atomic mass is 10.1. The number of aromatic nitrogens is 4. The number of anilines is 2. The highest BCUT2D eigenvalue weighted by atomic mass is 16.5. The number of amides is 2. The van der Waals surface area contributed by atoms with Crippen molar-refractivity contribution in [3.8, 4) is 17.3 Å². The number of carbonyl (C=O) groups is 2. The molecule has 0 radical (unpaired) electrons. The molecule has 0 spiro atoms. The number of rotatable bonds is 8. The fourth-order valence-electron chi connectivity index (χ4n) is 7.26. The number of nitrogens with zero attached hydrogens (tertiary/aromatic N) is 5. The van der Waals surface area contributed by atoms with Crippen molar-refractivity contribution < 1.29 is 14.3 Å². The van der Waals surface area contributed by atoms with Gasteiger partial charge in [-0.05, 0) is 92.1 Å². The van der Waals surface area contributed by atoms with Crippen LogP contribution in [0, 0.1) is 11.8 Å². The van der Waals surface area contributed by atoms with E-state index in [-0.39, 0.29) is 18.0 Å². The standard InChI is InChI=1S/C34H36N8O3/c1-40-30-24(13-22(15-27(30)45-2)34(44)42-17-21-7-11-25(42)29(21)35)38-33(40)26-14-20-8-12-28(39-32(20)41(26)16-18-3-4-18)37-23-9-5-19(6-10-23)31(36)43/h5-6,8-10,12-15,18,21,25,29H,3-4,7,11,16-17,35H2,1-2H3,(H2,36,43)(H,37,39)/t21-,25-,29-/m1/s1. The van der Waals surface area contributed by atoms with Crippen LogP contribution in [0.3, 0.4) is 0 Å². The molecule has 3 aliphatic rings. The number of pyridine rings is 1. The van der Waals surface area contributed by atoms with Crippen LogP contribution in [-0.2, 0) is 13.6 Å². The zero-order valence-electron chi connectivity index (χ0n) is 25.4. The molecule has 3 fully saturated rings. The van der Waals surface area contributed by atoms with Gasteiger partial charge in [0.05, 0.1) is 18.3 Å². The number of benzene rings is 2. The summed E-state index contributed by atoms with van der Waals surface area (Å²) in [5.41, 5.74) is 17.0. The molecule has 1 saturated heterocycles. The zero-order valence-corrected chi connectivity index (χ0v) is 25.4. The van der Waals surface area contributed by atoms with E-state index in [0.29, 0.717) is 46.6 Å². The summed E-state index contributed by atoms with van der Waals surface area (Å²) in [6.07, 6.45) is 4.43. The fourth-order valence-corrected chi connectivity index (χ4v) is 7.26.